The topological polar surface area (TPSA) is 359 Å². The highest BCUT2D eigenvalue weighted by atomic mass is 32.2. The molecular formula is C33H30N8O15S4. The molecule has 27 heteroatoms. The number of phenols is 1. The first-order valence-electron chi connectivity index (χ1n) is 16.3. The fourth-order valence-corrected chi connectivity index (χ4v) is 8.33. The largest absolute Gasteiger partial charge is 0.505 e. The Morgan fingerprint density at radius 3 is 1.87 bits per heavy atom. The van der Waals surface area contributed by atoms with Gasteiger partial charge in [0, 0.05) is 23.1 Å². The van der Waals surface area contributed by atoms with Crippen molar-refractivity contribution in [2.24, 2.45) is 30.7 Å². The van der Waals surface area contributed by atoms with Crippen molar-refractivity contribution < 1.29 is 61.2 Å². The van der Waals surface area contributed by atoms with Crippen LogP contribution >= 0.6 is 0 Å². The normalized spacial score (nSPS) is 12.9. The van der Waals surface area contributed by atoms with Gasteiger partial charge in [-0.25, -0.2) is 0 Å². The van der Waals surface area contributed by atoms with Gasteiger partial charge in [-0.05, 0) is 66.6 Å². The lowest BCUT2D eigenvalue weighted by Crippen LogP contribution is -2.07. The Bertz CT molecular complexity index is 3120. The number of aryl methyl sites for hydroxylation is 1. The summed E-state index contributed by atoms with van der Waals surface area (Å²) in [7, 11) is -17.2. The molecule has 0 heterocycles. The first-order chi connectivity index (χ1) is 27.9. The SMILES string of the molecule is COS(=O)(=O)c1cc2c(S(=O)(=O)OC)cc(N=Nc3ccc(N=Nc4cccc(CS(=O)(=O)O)c4)c(C)c3)c(N)c2c(O)c1N=Nc1ccc([N+](=O)[O-])cc1CS(=O)(=O)O. The van der Waals surface area contributed by atoms with Crippen LogP contribution in [0.4, 0.5) is 45.5 Å². The zero-order chi connectivity index (χ0) is 44.4. The molecule has 23 nitrogen and oxygen atoms in total. The number of non-ortho nitro benzene ring substituents is 1. The van der Waals surface area contributed by atoms with E-state index < -0.39 is 112 Å². The van der Waals surface area contributed by atoms with Crippen LogP contribution in [0.3, 0.4) is 0 Å². The summed E-state index contributed by atoms with van der Waals surface area (Å²) in [6.45, 7) is 1.65. The van der Waals surface area contributed by atoms with Gasteiger partial charge in [-0.3, -0.25) is 27.6 Å². The maximum Gasteiger partial charge on any atom is 0.299 e. The number of aromatic hydroxyl groups is 1. The second-order valence-corrected chi connectivity index (χ2v) is 18.6. The van der Waals surface area contributed by atoms with Gasteiger partial charge in [0.2, 0.25) is 0 Å². The van der Waals surface area contributed by atoms with E-state index in [0.717, 1.165) is 44.6 Å². The van der Waals surface area contributed by atoms with Gasteiger partial charge in [-0.15, -0.1) is 10.2 Å². The molecule has 0 fully saturated rings. The first kappa shape index (κ1) is 44.9. The number of anilines is 1. The molecule has 316 valence electrons. The van der Waals surface area contributed by atoms with Crippen LogP contribution in [0, 0.1) is 17.0 Å². The van der Waals surface area contributed by atoms with E-state index >= 15 is 0 Å². The summed E-state index contributed by atoms with van der Waals surface area (Å²) in [6.07, 6.45) is 0. The van der Waals surface area contributed by atoms with Crippen LogP contribution in [0.25, 0.3) is 10.8 Å². The number of azo groups is 3. The third kappa shape index (κ3) is 10.5. The number of rotatable bonds is 15. The highest BCUT2D eigenvalue weighted by Gasteiger charge is 2.30. The van der Waals surface area contributed by atoms with Crippen molar-refractivity contribution in [2.75, 3.05) is 20.0 Å². The van der Waals surface area contributed by atoms with E-state index in [1.165, 1.54) is 36.4 Å². The molecular weight excluding hydrogens is 877 g/mol. The van der Waals surface area contributed by atoms with E-state index in [1.807, 2.05) is 0 Å². The molecule has 0 amide bonds. The fourth-order valence-electron chi connectivity index (χ4n) is 5.42. The number of nitrogens with two attached hydrogens (primary N) is 1. The lowest BCUT2D eigenvalue weighted by molar-refractivity contribution is -0.384. The lowest BCUT2D eigenvalue weighted by Gasteiger charge is -2.16. The van der Waals surface area contributed by atoms with Crippen LogP contribution in [0.15, 0.2) is 113 Å². The maximum absolute atomic E-state index is 13.2. The van der Waals surface area contributed by atoms with Gasteiger partial charge >= 0.3 is 0 Å². The summed E-state index contributed by atoms with van der Waals surface area (Å²) in [6, 6.07) is 14.7. The van der Waals surface area contributed by atoms with Gasteiger partial charge in [0.05, 0.1) is 53.0 Å². The predicted octanol–water partition coefficient (Wildman–Crippen LogP) is 7.04. The quantitative estimate of drug-likeness (QED) is 0.0204. The van der Waals surface area contributed by atoms with E-state index in [0.29, 0.717) is 16.9 Å². The Morgan fingerprint density at radius 1 is 0.683 bits per heavy atom. The Hall–Kier alpha value is -6.20. The summed E-state index contributed by atoms with van der Waals surface area (Å²) in [5.41, 5.74) is 4.82. The molecule has 5 aromatic carbocycles. The van der Waals surface area contributed by atoms with Crippen LogP contribution in [0.2, 0.25) is 0 Å². The summed E-state index contributed by atoms with van der Waals surface area (Å²) >= 11 is 0. The van der Waals surface area contributed by atoms with E-state index in [1.54, 1.807) is 13.0 Å². The minimum Gasteiger partial charge on any atom is -0.505 e. The Balaban J connectivity index is 1.64. The number of benzene rings is 5. The Morgan fingerprint density at radius 2 is 1.27 bits per heavy atom. The molecule has 0 aliphatic carbocycles. The summed E-state index contributed by atoms with van der Waals surface area (Å²) in [4.78, 5) is 8.77. The Labute approximate surface area is 340 Å². The van der Waals surface area contributed by atoms with Crippen molar-refractivity contribution in [3.63, 3.8) is 0 Å². The molecule has 0 aliphatic rings. The van der Waals surface area contributed by atoms with Crippen LogP contribution in [-0.2, 0) is 60.3 Å². The molecule has 5 N–H and O–H groups in total. The molecule has 0 saturated heterocycles. The van der Waals surface area contributed by atoms with Crippen LogP contribution in [0.1, 0.15) is 16.7 Å². The zero-order valence-electron chi connectivity index (χ0n) is 30.9. The second-order valence-electron chi connectivity index (χ2n) is 12.3. The first-order valence-corrected chi connectivity index (χ1v) is 22.3. The van der Waals surface area contributed by atoms with E-state index in [4.69, 9.17) is 10.3 Å². The zero-order valence-corrected chi connectivity index (χ0v) is 34.2. The molecule has 0 unspecified atom stereocenters. The number of hydrogen-bond donors (Lipinski definition) is 4. The van der Waals surface area contributed by atoms with Gasteiger partial charge in [0.15, 0.2) is 5.75 Å². The number of nitro benzene ring substituents is 1. The summed E-state index contributed by atoms with van der Waals surface area (Å²) in [5.74, 6) is -2.90. The van der Waals surface area contributed by atoms with Gasteiger partial charge in [0.1, 0.15) is 32.7 Å². The van der Waals surface area contributed by atoms with Crippen molar-refractivity contribution in [1.82, 2.24) is 0 Å². The number of phenolic OH excluding ortho intramolecular Hbond substituents is 1. The molecule has 5 rings (SSSR count). The smallest absolute Gasteiger partial charge is 0.299 e. The van der Waals surface area contributed by atoms with Gasteiger partial charge < -0.3 is 10.8 Å². The molecule has 5 aromatic rings. The molecule has 0 bridgehead atoms. The van der Waals surface area contributed by atoms with Crippen molar-refractivity contribution in [1.29, 1.82) is 0 Å². The summed E-state index contributed by atoms with van der Waals surface area (Å²) in [5, 5.41) is 45.9. The lowest BCUT2D eigenvalue weighted by atomic mass is 10.0. The number of nitrogens with zero attached hydrogens (tertiary/aromatic N) is 7. The van der Waals surface area contributed by atoms with E-state index in [9.17, 15) is 53.4 Å². The fraction of sp³-hybridized carbons (Fsp3) is 0.152. The average molecular weight is 907 g/mol. The van der Waals surface area contributed by atoms with Gasteiger partial charge in [0.25, 0.3) is 46.2 Å². The van der Waals surface area contributed by atoms with Crippen molar-refractivity contribution in [3.05, 3.63) is 99.6 Å². The molecule has 0 atom stereocenters. The van der Waals surface area contributed by atoms with Crippen LogP contribution in [0.5, 0.6) is 5.75 Å². The molecule has 0 spiro atoms. The number of nitro groups is 1. The van der Waals surface area contributed by atoms with E-state index in [-0.39, 0.29) is 16.9 Å². The van der Waals surface area contributed by atoms with Crippen molar-refractivity contribution in [3.8, 4) is 5.75 Å². The van der Waals surface area contributed by atoms with E-state index in [2.05, 4.69) is 39.1 Å². The third-order valence-electron chi connectivity index (χ3n) is 8.15. The minimum absolute atomic E-state index is 0.182. The molecule has 0 aromatic heterocycles. The number of fused-ring (bicyclic) bond motifs is 1. The standard InChI is InChI=1S/C33H30N8O15S4/c1-18-11-22(7-9-25(18)37-35-21-6-4-5-19(12-21)16-57(45,46)47)36-39-27-15-28(59(51,52)55-2)24-14-29(60(53,54)56-3)32(33(42)30(24)31(27)34)40-38-26-10-8-23(41(43)44)13-20(26)17-58(48,49)50/h4-15,42H,16-17,34H2,1-3H3,(H,45,46,47)(H,48,49,50). The number of nitrogen functional groups attached to an aromatic ring is 1. The molecule has 60 heavy (non-hydrogen) atoms. The third-order valence-corrected chi connectivity index (χ3v) is 12.1. The van der Waals surface area contributed by atoms with Gasteiger partial charge in [-0.1, -0.05) is 12.1 Å². The highest BCUT2D eigenvalue weighted by Crippen LogP contribution is 2.49. The average Bonchev–Trinajstić information content (AvgIpc) is 3.15. The van der Waals surface area contributed by atoms with Crippen molar-refractivity contribution in [2.45, 2.75) is 28.2 Å². The molecule has 0 saturated carbocycles. The minimum atomic E-state index is -4.88. The molecule has 0 aliphatic heterocycles. The molecule has 0 radical (unpaired) electrons. The Kier molecular flexibility index (Phi) is 12.9. The summed E-state index contributed by atoms with van der Waals surface area (Å²) < 4.78 is 127. The second kappa shape index (κ2) is 17.2. The van der Waals surface area contributed by atoms with Crippen LogP contribution in [-0.4, -0.2) is 67.0 Å². The number of hydrogen-bond acceptors (Lipinski definition) is 20. The van der Waals surface area contributed by atoms with Crippen molar-refractivity contribution >= 4 is 96.7 Å². The van der Waals surface area contributed by atoms with Gasteiger partial charge in [-0.2, -0.15) is 54.1 Å². The highest BCUT2D eigenvalue weighted by molar-refractivity contribution is 7.87. The van der Waals surface area contributed by atoms with Crippen LogP contribution < -0.4 is 5.73 Å². The monoisotopic (exact) mass is 906 g/mol. The predicted molar refractivity (Wildman–Crippen MR) is 212 cm³/mol. The maximum atomic E-state index is 13.2.